The van der Waals surface area contributed by atoms with Gasteiger partial charge in [-0.25, -0.2) is 4.98 Å². The van der Waals surface area contributed by atoms with Gasteiger partial charge in [-0.05, 0) is 49.1 Å². The number of rotatable bonds is 9. The van der Waals surface area contributed by atoms with Crippen molar-refractivity contribution >= 4 is 22.6 Å². The second kappa shape index (κ2) is 10.7. The maximum Gasteiger partial charge on any atom is 0.247 e. The van der Waals surface area contributed by atoms with Gasteiger partial charge in [0.1, 0.15) is 12.4 Å². The number of carbonyl (C=O) groups is 1. The zero-order valence-corrected chi connectivity index (χ0v) is 20.5. The second-order valence-electron chi connectivity index (χ2n) is 8.77. The van der Waals surface area contributed by atoms with Gasteiger partial charge in [-0.2, -0.15) is 0 Å². The molecular weight excluding hydrogens is 422 g/mol. The average molecular weight is 456 g/mol. The van der Waals surface area contributed by atoms with Gasteiger partial charge in [-0.15, -0.1) is 0 Å². The number of para-hydroxylation sites is 3. The van der Waals surface area contributed by atoms with E-state index in [4.69, 9.17) is 9.72 Å². The minimum atomic E-state index is -0.101. The molecule has 0 aliphatic heterocycles. The van der Waals surface area contributed by atoms with Crippen LogP contribution in [-0.2, 0) is 28.9 Å². The normalized spacial score (nSPS) is 12.1. The predicted molar refractivity (Wildman–Crippen MR) is 138 cm³/mol. The molecule has 1 heterocycles. The number of methoxy groups -OCH3 is 1. The molecule has 0 fully saturated rings. The van der Waals surface area contributed by atoms with Gasteiger partial charge < -0.3 is 14.2 Å². The minimum Gasteiger partial charge on any atom is -0.383 e. The summed E-state index contributed by atoms with van der Waals surface area (Å²) in [5, 5.41) is 0. The Labute approximate surface area is 202 Å². The van der Waals surface area contributed by atoms with Crippen LogP contribution in [0.4, 0.5) is 5.69 Å². The summed E-state index contributed by atoms with van der Waals surface area (Å²) in [6, 6.07) is 24.4. The summed E-state index contributed by atoms with van der Waals surface area (Å²) < 4.78 is 7.54. The number of imidazole rings is 1. The quantitative estimate of drug-likeness (QED) is 0.332. The van der Waals surface area contributed by atoms with Crippen molar-refractivity contribution in [2.75, 3.05) is 18.6 Å². The zero-order chi connectivity index (χ0) is 24.1. The molecule has 0 radical (unpaired) electrons. The van der Waals surface area contributed by atoms with Gasteiger partial charge in [0.2, 0.25) is 5.91 Å². The number of amides is 1. The Hall–Kier alpha value is -3.44. The van der Waals surface area contributed by atoms with E-state index in [0.717, 1.165) is 40.1 Å². The highest BCUT2D eigenvalue weighted by molar-refractivity contribution is 5.96. The smallest absolute Gasteiger partial charge is 0.247 e. The molecule has 4 aromatic rings. The largest absolute Gasteiger partial charge is 0.383 e. The van der Waals surface area contributed by atoms with Crippen LogP contribution in [0.2, 0.25) is 0 Å². The van der Waals surface area contributed by atoms with Gasteiger partial charge in [-0.3, -0.25) is 4.79 Å². The topological polar surface area (TPSA) is 47.4 Å². The number of hydrogen-bond donors (Lipinski definition) is 0. The lowest BCUT2D eigenvalue weighted by molar-refractivity contribution is -0.119. The lowest BCUT2D eigenvalue weighted by atomic mass is 10.0. The van der Waals surface area contributed by atoms with E-state index >= 15 is 0 Å². The van der Waals surface area contributed by atoms with Crippen LogP contribution in [0.5, 0.6) is 0 Å². The van der Waals surface area contributed by atoms with Crippen LogP contribution in [0.3, 0.4) is 0 Å². The number of hydrogen-bond acceptors (Lipinski definition) is 3. The molecule has 0 spiro atoms. The lowest BCUT2D eigenvalue weighted by Gasteiger charge is -2.32. The van der Waals surface area contributed by atoms with Crippen LogP contribution in [-0.4, -0.2) is 35.2 Å². The van der Waals surface area contributed by atoms with E-state index in [2.05, 4.69) is 48.7 Å². The standard InChI is InChI=1S/C29H33N3O2/c1-5-24-15-11-12-21(2)29(24)32(22(3)20-34-4)28(33)19-31-26-17-10-9-16-25(26)30-27(31)18-23-13-7-6-8-14-23/h6-17,22H,5,18-20H2,1-4H3/t22-/m0/s1. The third kappa shape index (κ3) is 4.90. The van der Waals surface area contributed by atoms with Gasteiger partial charge in [-0.1, -0.05) is 67.6 Å². The van der Waals surface area contributed by atoms with Gasteiger partial charge in [0.25, 0.3) is 0 Å². The molecule has 3 aromatic carbocycles. The first kappa shape index (κ1) is 23.7. The first-order valence-corrected chi connectivity index (χ1v) is 11.9. The minimum absolute atomic E-state index is 0.0333. The average Bonchev–Trinajstić information content (AvgIpc) is 3.18. The molecule has 0 N–H and O–H groups in total. The van der Waals surface area contributed by atoms with Crippen LogP contribution in [0.15, 0.2) is 72.8 Å². The fourth-order valence-electron chi connectivity index (χ4n) is 4.68. The number of anilines is 1. The third-order valence-electron chi connectivity index (χ3n) is 6.29. The van der Waals surface area contributed by atoms with Crippen molar-refractivity contribution < 1.29 is 9.53 Å². The number of benzene rings is 3. The summed E-state index contributed by atoms with van der Waals surface area (Å²) in [5.41, 5.74) is 6.30. The van der Waals surface area contributed by atoms with Gasteiger partial charge in [0.15, 0.2) is 0 Å². The first-order valence-electron chi connectivity index (χ1n) is 11.9. The first-order chi connectivity index (χ1) is 16.5. The van der Waals surface area contributed by atoms with Crippen LogP contribution >= 0.6 is 0 Å². The molecule has 4 rings (SSSR count). The lowest BCUT2D eigenvalue weighted by Crippen LogP contribution is -2.44. The van der Waals surface area contributed by atoms with Gasteiger partial charge >= 0.3 is 0 Å². The number of aryl methyl sites for hydroxylation is 2. The van der Waals surface area contributed by atoms with E-state index in [1.807, 2.05) is 54.3 Å². The summed E-state index contributed by atoms with van der Waals surface area (Å²) in [5.74, 6) is 0.923. The molecule has 5 heteroatoms. The maximum absolute atomic E-state index is 14.0. The monoisotopic (exact) mass is 455 g/mol. The van der Waals surface area contributed by atoms with Gasteiger partial charge in [0, 0.05) is 13.5 Å². The summed E-state index contributed by atoms with van der Waals surface area (Å²) in [6.45, 7) is 6.92. The number of ether oxygens (including phenoxy) is 1. The molecule has 0 aliphatic carbocycles. The Morgan fingerprint density at radius 1 is 1.03 bits per heavy atom. The summed E-state index contributed by atoms with van der Waals surface area (Å²) in [6.07, 6.45) is 1.52. The van der Waals surface area contributed by atoms with E-state index in [9.17, 15) is 4.79 Å². The molecule has 5 nitrogen and oxygen atoms in total. The summed E-state index contributed by atoms with van der Waals surface area (Å²) in [4.78, 5) is 20.8. The molecule has 1 aromatic heterocycles. The maximum atomic E-state index is 14.0. The highest BCUT2D eigenvalue weighted by Gasteiger charge is 2.27. The molecule has 176 valence electrons. The number of aromatic nitrogens is 2. The molecule has 1 amide bonds. The number of nitrogens with zero attached hydrogens (tertiary/aromatic N) is 3. The fraction of sp³-hybridized carbons (Fsp3) is 0.310. The molecule has 0 bridgehead atoms. The van der Waals surface area contributed by atoms with Crippen molar-refractivity contribution in [3.63, 3.8) is 0 Å². The Bertz CT molecular complexity index is 1260. The van der Waals surface area contributed by atoms with E-state index < -0.39 is 0 Å². The van der Waals surface area contributed by atoms with E-state index in [0.29, 0.717) is 13.0 Å². The van der Waals surface area contributed by atoms with E-state index in [1.54, 1.807) is 7.11 Å². The Morgan fingerprint density at radius 3 is 2.50 bits per heavy atom. The third-order valence-corrected chi connectivity index (χ3v) is 6.29. The van der Waals surface area contributed by atoms with Crippen LogP contribution in [0.1, 0.15) is 36.4 Å². The molecular formula is C29H33N3O2. The van der Waals surface area contributed by atoms with Crippen molar-refractivity contribution in [2.24, 2.45) is 0 Å². The van der Waals surface area contributed by atoms with Crippen molar-refractivity contribution in [3.8, 4) is 0 Å². The van der Waals surface area contributed by atoms with E-state index in [-0.39, 0.29) is 18.5 Å². The molecule has 0 saturated carbocycles. The SMILES string of the molecule is CCc1cccc(C)c1N(C(=O)Cn1c(Cc2ccccc2)nc2ccccc21)[C@@H](C)COC. The zero-order valence-electron chi connectivity index (χ0n) is 20.5. The van der Waals surface area contributed by atoms with Crippen LogP contribution in [0.25, 0.3) is 11.0 Å². The predicted octanol–water partition coefficient (Wildman–Crippen LogP) is 5.57. The summed E-state index contributed by atoms with van der Waals surface area (Å²) in [7, 11) is 1.68. The molecule has 0 aliphatic rings. The second-order valence-corrected chi connectivity index (χ2v) is 8.77. The van der Waals surface area contributed by atoms with Gasteiger partial charge in [0.05, 0.1) is 29.4 Å². The summed E-state index contributed by atoms with van der Waals surface area (Å²) >= 11 is 0. The van der Waals surface area contributed by atoms with Crippen molar-refractivity contribution in [3.05, 3.63) is 95.3 Å². The van der Waals surface area contributed by atoms with Crippen molar-refractivity contribution in [1.29, 1.82) is 0 Å². The Kier molecular flexibility index (Phi) is 7.43. The van der Waals surface area contributed by atoms with Crippen molar-refractivity contribution in [2.45, 2.75) is 46.2 Å². The Morgan fingerprint density at radius 2 is 1.76 bits per heavy atom. The molecule has 34 heavy (non-hydrogen) atoms. The molecule has 0 unspecified atom stereocenters. The fourth-order valence-corrected chi connectivity index (χ4v) is 4.68. The highest BCUT2D eigenvalue weighted by Crippen LogP contribution is 2.29. The van der Waals surface area contributed by atoms with Crippen molar-refractivity contribution in [1.82, 2.24) is 9.55 Å². The van der Waals surface area contributed by atoms with E-state index in [1.165, 1.54) is 5.56 Å². The number of carbonyl (C=O) groups excluding carboxylic acids is 1. The van der Waals surface area contributed by atoms with Crippen LogP contribution in [0, 0.1) is 6.92 Å². The molecule has 0 saturated heterocycles. The number of fused-ring (bicyclic) bond motifs is 1. The van der Waals surface area contributed by atoms with Crippen LogP contribution < -0.4 is 4.90 Å². The molecule has 1 atom stereocenters. The highest BCUT2D eigenvalue weighted by atomic mass is 16.5. The Balaban J connectivity index is 1.76.